The molecule has 0 aliphatic heterocycles. The molecule has 1 rings (SSSR count). The third-order valence-corrected chi connectivity index (χ3v) is 5.18. The molecule has 0 aliphatic carbocycles. The van der Waals surface area contributed by atoms with Gasteiger partial charge in [0.25, 0.3) is 10.0 Å². The molecule has 11 heteroatoms. The van der Waals surface area contributed by atoms with Gasteiger partial charge in [0.2, 0.25) is 0 Å². The molecule has 96 valence electrons. The average Bonchev–Trinajstić information content (AvgIpc) is 2.08. The van der Waals surface area contributed by atoms with Gasteiger partial charge in [-0.05, 0) is 38.5 Å². The number of nitrogens with zero attached hydrogens (tertiary/aromatic N) is 1. The standard InChI is InChI=1S/C6H3BrF3IN2O3S/c7-3-2(16-6(8,9)10)1-13-5(4(3)11)17(12,14)15/h1H,(H2,12,14,15). The second-order valence-corrected chi connectivity index (χ2v) is 6.00. The highest BCUT2D eigenvalue weighted by atomic mass is 127. The van der Waals surface area contributed by atoms with Crippen LogP contribution in [-0.4, -0.2) is 19.8 Å². The Morgan fingerprint density at radius 1 is 1.47 bits per heavy atom. The van der Waals surface area contributed by atoms with Crippen molar-refractivity contribution in [3.8, 4) is 5.75 Å². The number of primary sulfonamides is 1. The Kier molecular flexibility index (Phi) is 4.26. The first-order chi connectivity index (χ1) is 7.52. The Bertz CT molecular complexity index is 548. The van der Waals surface area contributed by atoms with Gasteiger partial charge in [-0.3, -0.25) is 0 Å². The molecule has 0 amide bonds. The van der Waals surface area contributed by atoms with Gasteiger partial charge in [0.1, 0.15) is 0 Å². The van der Waals surface area contributed by atoms with Crippen molar-refractivity contribution in [2.24, 2.45) is 5.14 Å². The Hall–Kier alpha value is -0.140. The summed E-state index contributed by atoms with van der Waals surface area (Å²) in [5.74, 6) is -0.644. The lowest BCUT2D eigenvalue weighted by molar-refractivity contribution is -0.275. The fourth-order valence-electron chi connectivity index (χ4n) is 0.827. The number of aromatic nitrogens is 1. The van der Waals surface area contributed by atoms with Gasteiger partial charge in [-0.1, -0.05) is 0 Å². The summed E-state index contributed by atoms with van der Waals surface area (Å²) in [7, 11) is -4.10. The number of nitrogens with two attached hydrogens (primary N) is 1. The molecule has 0 unspecified atom stereocenters. The van der Waals surface area contributed by atoms with Crippen LogP contribution in [0, 0.1) is 3.57 Å². The lowest BCUT2D eigenvalue weighted by Gasteiger charge is -2.12. The van der Waals surface area contributed by atoms with E-state index in [0.717, 1.165) is 0 Å². The molecule has 17 heavy (non-hydrogen) atoms. The van der Waals surface area contributed by atoms with Gasteiger partial charge < -0.3 is 4.74 Å². The highest BCUT2D eigenvalue weighted by Crippen LogP contribution is 2.35. The molecule has 0 saturated carbocycles. The van der Waals surface area contributed by atoms with Gasteiger partial charge in [-0.2, -0.15) is 0 Å². The summed E-state index contributed by atoms with van der Waals surface area (Å²) in [5.41, 5.74) is 0. The first-order valence-corrected chi connectivity index (χ1v) is 7.06. The smallest absolute Gasteiger partial charge is 0.403 e. The zero-order chi connectivity index (χ0) is 13.4. The summed E-state index contributed by atoms with van der Waals surface area (Å²) in [6, 6.07) is 0. The van der Waals surface area contributed by atoms with E-state index in [9.17, 15) is 21.6 Å². The molecule has 0 atom stereocenters. The van der Waals surface area contributed by atoms with E-state index in [4.69, 9.17) is 5.14 Å². The second-order valence-electron chi connectivity index (χ2n) is 2.65. The van der Waals surface area contributed by atoms with Gasteiger partial charge in [0.05, 0.1) is 14.2 Å². The third-order valence-electron chi connectivity index (χ3n) is 1.39. The van der Waals surface area contributed by atoms with Crippen LogP contribution in [0.4, 0.5) is 13.2 Å². The van der Waals surface area contributed by atoms with Gasteiger partial charge in [-0.25, -0.2) is 18.5 Å². The number of halogens is 5. The van der Waals surface area contributed by atoms with Gasteiger partial charge >= 0.3 is 6.36 Å². The Morgan fingerprint density at radius 2 is 2.00 bits per heavy atom. The van der Waals surface area contributed by atoms with Gasteiger partial charge in [0, 0.05) is 0 Å². The molecule has 2 N–H and O–H groups in total. The molecule has 0 aliphatic rings. The minimum atomic E-state index is -4.89. The van der Waals surface area contributed by atoms with Crippen LogP contribution in [0.25, 0.3) is 0 Å². The first-order valence-electron chi connectivity index (χ1n) is 3.65. The summed E-state index contributed by atoms with van der Waals surface area (Å²) in [4.78, 5) is 3.32. The van der Waals surface area contributed by atoms with E-state index in [-0.39, 0.29) is 8.04 Å². The van der Waals surface area contributed by atoms with Crippen LogP contribution in [0.1, 0.15) is 0 Å². The van der Waals surface area contributed by atoms with E-state index in [0.29, 0.717) is 6.20 Å². The zero-order valence-corrected chi connectivity index (χ0v) is 12.2. The minimum Gasteiger partial charge on any atom is -0.403 e. The summed E-state index contributed by atoms with van der Waals surface area (Å²) in [5, 5.41) is 4.30. The fraction of sp³-hybridized carbons (Fsp3) is 0.167. The lowest BCUT2D eigenvalue weighted by Crippen LogP contribution is -2.19. The molecule has 1 aromatic heterocycles. The third kappa shape index (κ3) is 3.93. The maximum atomic E-state index is 12.0. The van der Waals surface area contributed by atoms with Crippen molar-refractivity contribution in [1.82, 2.24) is 4.98 Å². The van der Waals surface area contributed by atoms with Gasteiger partial charge in [0.15, 0.2) is 10.8 Å². The van der Waals surface area contributed by atoms with E-state index in [1.54, 1.807) is 0 Å². The number of pyridine rings is 1. The van der Waals surface area contributed by atoms with Crippen molar-refractivity contribution in [2.45, 2.75) is 11.4 Å². The molecular formula is C6H3BrF3IN2O3S. The van der Waals surface area contributed by atoms with Crippen LogP contribution in [0.3, 0.4) is 0 Å². The van der Waals surface area contributed by atoms with Crippen LogP contribution in [0.15, 0.2) is 15.7 Å². The van der Waals surface area contributed by atoms with E-state index >= 15 is 0 Å². The largest absolute Gasteiger partial charge is 0.573 e. The van der Waals surface area contributed by atoms with E-state index in [1.807, 2.05) is 0 Å². The maximum absolute atomic E-state index is 12.0. The fourth-order valence-corrected chi connectivity index (χ4v) is 3.21. The van der Waals surface area contributed by atoms with Crippen LogP contribution in [0.2, 0.25) is 0 Å². The van der Waals surface area contributed by atoms with Crippen molar-refractivity contribution in [3.05, 3.63) is 14.2 Å². The normalized spacial score (nSPS) is 12.6. The molecule has 5 nitrogen and oxygen atoms in total. The maximum Gasteiger partial charge on any atom is 0.573 e. The Balaban J connectivity index is 3.30. The molecule has 1 aromatic rings. The van der Waals surface area contributed by atoms with Crippen LogP contribution in [0.5, 0.6) is 5.75 Å². The highest BCUT2D eigenvalue weighted by Gasteiger charge is 2.33. The number of hydrogen-bond donors (Lipinski definition) is 1. The average molecular weight is 447 g/mol. The topological polar surface area (TPSA) is 82.3 Å². The second kappa shape index (κ2) is 4.85. The van der Waals surface area contributed by atoms with Crippen LogP contribution < -0.4 is 9.88 Å². The molecule has 0 aromatic carbocycles. The zero-order valence-electron chi connectivity index (χ0n) is 7.62. The summed E-state index contributed by atoms with van der Waals surface area (Å²) in [6.45, 7) is 0. The molecule has 1 heterocycles. The van der Waals surface area contributed by atoms with Crippen molar-refractivity contribution in [3.63, 3.8) is 0 Å². The summed E-state index contributed by atoms with van der Waals surface area (Å²) < 4.78 is 61.3. The predicted molar refractivity (Wildman–Crippen MR) is 62.7 cm³/mol. The number of sulfonamides is 1. The molecule has 0 radical (unpaired) electrons. The predicted octanol–water partition coefficient (Wildman–Crippen LogP) is 1.99. The van der Waals surface area contributed by atoms with E-state index < -0.39 is 27.2 Å². The number of hydrogen-bond acceptors (Lipinski definition) is 4. The SMILES string of the molecule is NS(=O)(=O)c1ncc(OC(F)(F)F)c(Br)c1I. The highest BCUT2D eigenvalue weighted by molar-refractivity contribution is 14.1. The lowest BCUT2D eigenvalue weighted by atomic mass is 10.5. The number of alkyl halides is 3. The van der Waals surface area contributed by atoms with Gasteiger partial charge in [-0.15, -0.1) is 13.2 Å². The Morgan fingerprint density at radius 3 is 2.41 bits per heavy atom. The molecule has 0 saturated heterocycles. The monoisotopic (exact) mass is 446 g/mol. The van der Waals surface area contributed by atoms with Crippen LogP contribution in [-0.2, 0) is 10.0 Å². The summed E-state index contributed by atoms with van der Waals surface area (Å²) in [6.07, 6.45) is -4.27. The van der Waals surface area contributed by atoms with Crippen molar-refractivity contribution < 1.29 is 26.3 Å². The van der Waals surface area contributed by atoms with E-state index in [1.165, 1.54) is 22.6 Å². The minimum absolute atomic E-state index is 0.0909. The van der Waals surface area contributed by atoms with Crippen molar-refractivity contribution >= 4 is 48.5 Å². The molecule has 0 spiro atoms. The summed E-state index contributed by atoms with van der Waals surface area (Å²) >= 11 is 4.28. The first kappa shape index (κ1) is 14.9. The van der Waals surface area contributed by atoms with E-state index in [2.05, 4.69) is 25.7 Å². The number of ether oxygens (including phenoxy) is 1. The van der Waals surface area contributed by atoms with Crippen LogP contribution >= 0.6 is 38.5 Å². The van der Waals surface area contributed by atoms with Crippen molar-refractivity contribution in [2.75, 3.05) is 0 Å². The quantitative estimate of drug-likeness (QED) is 0.704. The molecule has 0 bridgehead atoms. The molecule has 0 fully saturated rings. The Labute approximate surface area is 116 Å². The van der Waals surface area contributed by atoms with Crippen molar-refractivity contribution in [1.29, 1.82) is 0 Å². The molecular weight excluding hydrogens is 444 g/mol. The number of rotatable bonds is 2.